The Labute approximate surface area is 127 Å². The van der Waals surface area contributed by atoms with Gasteiger partial charge in [-0.15, -0.1) is 11.3 Å². The SMILES string of the molecule is CN(CC1CCCN1C)C(=O)c1sc2nccnc2c1N. The van der Waals surface area contributed by atoms with Crippen LogP contribution in [0.5, 0.6) is 0 Å². The zero-order valence-electron chi connectivity index (χ0n) is 12.2. The fourth-order valence-corrected chi connectivity index (χ4v) is 3.80. The summed E-state index contributed by atoms with van der Waals surface area (Å²) in [6.45, 7) is 1.83. The minimum Gasteiger partial charge on any atom is -0.396 e. The molecular formula is C14H19N5OS. The number of nitrogens with two attached hydrogens (primary N) is 1. The number of hydrogen-bond acceptors (Lipinski definition) is 6. The Hall–Kier alpha value is -1.73. The molecule has 21 heavy (non-hydrogen) atoms. The van der Waals surface area contributed by atoms with Crippen LogP contribution < -0.4 is 5.73 Å². The molecule has 0 spiro atoms. The summed E-state index contributed by atoms with van der Waals surface area (Å²) in [6.07, 6.45) is 5.54. The predicted molar refractivity (Wildman–Crippen MR) is 84.4 cm³/mol. The highest BCUT2D eigenvalue weighted by Crippen LogP contribution is 2.31. The van der Waals surface area contributed by atoms with Crippen LogP contribution in [0, 0.1) is 0 Å². The first-order valence-corrected chi connectivity index (χ1v) is 7.84. The van der Waals surface area contributed by atoms with Crippen LogP contribution in [0.15, 0.2) is 12.4 Å². The molecule has 1 amide bonds. The van der Waals surface area contributed by atoms with Crippen molar-refractivity contribution >= 4 is 33.3 Å². The second-order valence-corrected chi connectivity index (χ2v) is 6.52. The molecule has 2 N–H and O–H groups in total. The number of fused-ring (bicyclic) bond motifs is 1. The normalized spacial score (nSPS) is 19.2. The van der Waals surface area contributed by atoms with Crippen LogP contribution in [0.1, 0.15) is 22.5 Å². The molecule has 2 aromatic heterocycles. The lowest BCUT2D eigenvalue weighted by Crippen LogP contribution is -2.39. The van der Waals surface area contributed by atoms with E-state index in [1.165, 1.54) is 17.8 Å². The molecule has 7 heteroatoms. The quantitative estimate of drug-likeness (QED) is 0.928. The number of hydrogen-bond donors (Lipinski definition) is 1. The number of amides is 1. The second-order valence-electron chi connectivity index (χ2n) is 5.52. The fourth-order valence-electron chi connectivity index (χ4n) is 2.79. The van der Waals surface area contributed by atoms with Gasteiger partial charge in [0.25, 0.3) is 5.91 Å². The third-order valence-corrected chi connectivity index (χ3v) is 5.15. The molecule has 2 aromatic rings. The van der Waals surface area contributed by atoms with Crippen LogP contribution in [0.25, 0.3) is 10.3 Å². The van der Waals surface area contributed by atoms with E-state index in [2.05, 4.69) is 21.9 Å². The van der Waals surface area contributed by atoms with Gasteiger partial charge in [-0.1, -0.05) is 0 Å². The summed E-state index contributed by atoms with van der Waals surface area (Å²) in [5.74, 6) is -0.0439. The van der Waals surface area contributed by atoms with Crippen LogP contribution in [0.3, 0.4) is 0 Å². The zero-order valence-corrected chi connectivity index (χ0v) is 13.1. The Morgan fingerprint density at radius 2 is 2.29 bits per heavy atom. The summed E-state index contributed by atoms with van der Waals surface area (Å²) in [4.78, 5) is 26.3. The number of nitrogens with zero attached hydrogens (tertiary/aromatic N) is 4. The molecule has 1 unspecified atom stereocenters. The molecule has 112 valence electrons. The maximum Gasteiger partial charge on any atom is 0.266 e. The highest BCUT2D eigenvalue weighted by molar-refractivity contribution is 7.21. The van der Waals surface area contributed by atoms with Gasteiger partial charge in [-0.05, 0) is 26.4 Å². The molecule has 1 saturated heterocycles. The number of likely N-dealkylation sites (N-methyl/N-ethyl adjacent to an activating group) is 2. The van der Waals surface area contributed by atoms with E-state index in [4.69, 9.17) is 5.73 Å². The standard InChI is InChI=1S/C14H19N5OS/c1-18-7-3-4-9(18)8-19(2)14(20)12-10(15)11-13(21-12)17-6-5-16-11/h5-6,9H,3-4,7-8,15H2,1-2H3. The number of carbonyl (C=O) groups excluding carboxylic acids is 1. The Bertz CT molecular complexity index is 670. The summed E-state index contributed by atoms with van der Waals surface area (Å²) >= 11 is 1.32. The summed E-state index contributed by atoms with van der Waals surface area (Å²) in [5.41, 5.74) is 7.13. The van der Waals surface area contributed by atoms with Crippen LogP contribution in [0.4, 0.5) is 5.69 Å². The Kier molecular flexibility index (Phi) is 3.77. The molecular weight excluding hydrogens is 286 g/mol. The predicted octanol–water partition coefficient (Wildman–Crippen LogP) is 1.44. The average molecular weight is 305 g/mol. The van der Waals surface area contributed by atoms with Crippen molar-refractivity contribution in [3.05, 3.63) is 17.3 Å². The third kappa shape index (κ3) is 2.58. The first-order valence-electron chi connectivity index (χ1n) is 7.02. The molecule has 3 rings (SSSR count). The average Bonchev–Trinajstić information content (AvgIpc) is 3.03. The van der Waals surface area contributed by atoms with E-state index >= 15 is 0 Å². The van der Waals surface area contributed by atoms with Crippen LogP contribution in [-0.2, 0) is 0 Å². The van der Waals surface area contributed by atoms with Gasteiger partial charge in [0.2, 0.25) is 0 Å². The van der Waals surface area contributed by atoms with Crippen molar-refractivity contribution in [1.82, 2.24) is 19.8 Å². The molecule has 1 fully saturated rings. The number of anilines is 1. The topological polar surface area (TPSA) is 75.3 Å². The summed E-state index contributed by atoms with van der Waals surface area (Å²) in [5, 5.41) is 0. The number of rotatable bonds is 3. The molecule has 1 atom stereocenters. The molecule has 0 aliphatic carbocycles. The van der Waals surface area contributed by atoms with Gasteiger partial charge in [-0.2, -0.15) is 0 Å². The molecule has 0 aromatic carbocycles. The van der Waals surface area contributed by atoms with Crippen molar-refractivity contribution in [2.75, 3.05) is 32.9 Å². The second kappa shape index (κ2) is 5.57. The zero-order chi connectivity index (χ0) is 15.0. The van der Waals surface area contributed by atoms with Crippen LogP contribution >= 0.6 is 11.3 Å². The number of aromatic nitrogens is 2. The summed E-state index contributed by atoms with van der Waals surface area (Å²) in [7, 11) is 3.94. The van der Waals surface area contributed by atoms with E-state index in [0.29, 0.717) is 27.0 Å². The van der Waals surface area contributed by atoms with Crippen LogP contribution in [0.2, 0.25) is 0 Å². The lowest BCUT2D eigenvalue weighted by molar-refractivity contribution is 0.0767. The largest absolute Gasteiger partial charge is 0.396 e. The van der Waals surface area contributed by atoms with Gasteiger partial charge < -0.3 is 15.5 Å². The third-order valence-electron chi connectivity index (χ3n) is 4.06. The van der Waals surface area contributed by atoms with Crippen LogP contribution in [-0.4, -0.2) is 58.9 Å². The van der Waals surface area contributed by atoms with E-state index < -0.39 is 0 Å². The molecule has 0 bridgehead atoms. The van der Waals surface area contributed by atoms with Crippen molar-refractivity contribution < 1.29 is 4.79 Å². The lowest BCUT2D eigenvalue weighted by atomic mass is 10.2. The highest BCUT2D eigenvalue weighted by atomic mass is 32.1. The van der Waals surface area contributed by atoms with Crippen molar-refractivity contribution in [2.45, 2.75) is 18.9 Å². The summed E-state index contributed by atoms with van der Waals surface area (Å²) < 4.78 is 0. The fraction of sp³-hybridized carbons (Fsp3) is 0.500. The Balaban J connectivity index is 1.81. The van der Waals surface area contributed by atoms with Gasteiger partial charge in [-0.3, -0.25) is 4.79 Å². The van der Waals surface area contributed by atoms with E-state index in [1.54, 1.807) is 17.3 Å². The van der Waals surface area contributed by atoms with Gasteiger partial charge in [0.05, 0.1) is 5.69 Å². The van der Waals surface area contributed by atoms with Crippen molar-refractivity contribution in [3.63, 3.8) is 0 Å². The molecule has 3 heterocycles. The van der Waals surface area contributed by atoms with Crippen molar-refractivity contribution in [1.29, 1.82) is 0 Å². The lowest BCUT2D eigenvalue weighted by Gasteiger charge is -2.25. The van der Waals surface area contributed by atoms with Gasteiger partial charge >= 0.3 is 0 Å². The maximum absolute atomic E-state index is 12.6. The summed E-state index contributed by atoms with van der Waals surface area (Å²) in [6, 6.07) is 0.436. The van der Waals surface area contributed by atoms with Gasteiger partial charge in [0.1, 0.15) is 15.2 Å². The highest BCUT2D eigenvalue weighted by Gasteiger charge is 2.26. The molecule has 1 aliphatic rings. The van der Waals surface area contributed by atoms with Crippen molar-refractivity contribution in [3.8, 4) is 0 Å². The van der Waals surface area contributed by atoms with E-state index in [1.807, 2.05) is 7.05 Å². The number of nitrogen functional groups attached to an aromatic ring is 1. The number of carbonyl (C=O) groups is 1. The molecule has 1 aliphatic heterocycles. The van der Waals surface area contributed by atoms with Gasteiger partial charge in [-0.25, -0.2) is 9.97 Å². The Morgan fingerprint density at radius 1 is 1.52 bits per heavy atom. The minimum atomic E-state index is -0.0439. The Morgan fingerprint density at radius 3 is 2.95 bits per heavy atom. The van der Waals surface area contributed by atoms with Gasteiger partial charge in [0.15, 0.2) is 0 Å². The van der Waals surface area contributed by atoms with E-state index in [0.717, 1.165) is 19.5 Å². The van der Waals surface area contributed by atoms with Crippen molar-refractivity contribution in [2.24, 2.45) is 0 Å². The minimum absolute atomic E-state index is 0.0439. The molecule has 6 nitrogen and oxygen atoms in total. The first kappa shape index (κ1) is 14.2. The maximum atomic E-state index is 12.6. The number of likely N-dealkylation sites (tertiary alicyclic amines) is 1. The monoisotopic (exact) mass is 305 g/mol. The number of thiophene rings is 1. The van der Waals surface area contributed by atoms with Gasteiger partial charge in [0, 0.05) is 32.0 Å². The first-order chi connectivity index (χ1) is 10.1. The van der Waals surface area contributed by atoms with E-state index in [9.17, 15) is 4.79 Å². The molecule has 0 saturated carbocycles. The molecule has 0 radical (unpaired) electrons. The smallest absolute Gasteiger partial charge is 0.266 e. The van der Waals surface area contributed by atoms with E-state index in [-0.39, 0.29) is 5.91 Å².